The van der Waals surface area contributed by atoms with Gasteiger partial charge in [-0.2, -0.15) is 0 Å². The quantitative estimate of drug-likeness (QED) is 0.757. The van der Waals surface area contributed by atoms with Crippen LogP contribution in [-0.4, -0.2) is 13.2 Å². The normalized spacial score (nSPS) is 19.4. The predicted octanol–water partition coefficient (Wildman–Crippen LogP) is 2.89. The SMILES string of the molecule is O=P1(Oc2ccc(F)cc2F)OCCCO1. The molecule has 1 heterocycles. The third-order valence-electron chi connectivity index (χ3n) is 1.89. The molecule has 1 aromatic carbocycles. The molecule has 0 unspecified atom stereocenters. The molecule has 0 amide bonds. The topological polar surface area (TPSA) is 44.8 Å². The third-order valence-corrected chi connectivity index (χ3v) is 3.31. The Labute approximate surface area is 90.7 Å². The fourth-order valence-corrected chi connectivity index (χ4v) is 2.45. The van der Waals surface area contributed by atoms with Crippen LogP contribution in [0.2, 0.25) is 0 Å². The highest BCUT2D eigenvalue weighted by Gasteiger charge is 2.32. The van der Waals surface area contributed by atoms with Crippen molar-refractivity contribution in [2.75, 3.05) is 13.2 Å². The maximum Gasteiger partial charge on any atom is 0.530 e. The molecule has 0 aromatic heterocycles. The molecule has 16 heavy (non-hydrogen) atoms. The second-order valence-electron chi connectivity index (χ2n) is 3.13. The number of hydrogen-bond acceptors (Lipinski definition) is 4. The van der Waals surface area contributed by atoms with E-state index in [9.17, 15) is 13.3 Å². The average molecular weight is 250 g/mol. The van der Waals surface area contributed by atoms with E-state index >= 15 is 0 Å². The van der Waals surface area contributed by atoms with Crippen LogP contribution in [0, 0.1) is 11.6 Å². The Hall–Kier alpha value is -0.970. The van der Waals surface area contributed by atoms with Gasteiger partial charge in [0.05, 0.1) is 13.2 Å². The van der Waals surface area contributed by atoms with Crippen LogP contribution in [0.1, 0.15) is 6.42 Å². The summed E-state index contributed by atoms with van der Waals surface area (Å²) in [5.41, 5.74) is 0. The lowest BCUT2D eigenvalue weighted by Crippen LogP contribution is -2.12. The second-order valence-corrected chi connectivity index (χ2v) is 4.73. The molecule has 0 spiro atoms. The molecule has 1 aliphatic heterocycles. The predicted molar refractivity (Wildman–Crippen MR) is 51.1 cm³/mol. The third kappa shape index (κ3) is 2.58. The Balaban J connectivity index is 2.16. The maximum atomic E-state index is 13.2. The molecule has 0 aliphatic carbocycles. The van der Waals surface area contributed by atoms with Crippen LogP contribution in [0.5, 0.6) is 5.75 Å². The molecule has 1 aliphatic rings. The fraction of sp³-hybridized carbons (Fsp3) is 0.333. The van der Waals surface area contributed by atoms with Gasteiger partial charge in [0.25, 0.3) is 0 Å². The van der Waals surface area contributed by atoms with E-state index in [0.717, 1.165) is 12.1 Å². The highest BCUT2D eigenvalue weighted by Crippen LogP contribution is 2.51. The molecule has 1 saturated heterocycles. The van der Waals surface area contributed by atoms with Gasteiger partial charge in [0, 0.05) is 6.07 Å². The number of halogens is 2. The van der Waals surface area contributed by atoms with Gasteiger partial charge in [0.1, 0.15) is 5.82 Å². The molecule has 0 atom stereocenters. The molecule has 0 radical (unpaired) electrons. The van der Waals surface area contributed by atoms with Gasteiger partial charge in [-0.05, 0) is 18.6 Å². The summed E-state index contributed by atoms with van der Waals surface area (Å²) in [5, 5.41) is 0. The Bertz CT molecular complexity index is 428. The van der Waals surface area contributed by atoms with Gasteiger partial charge in [-0.3, -0.25) is 9.05 Å². The minimum atomic E-state index is -3.74. The van der Waals surface area contributed by atoms with Crippen LogP contribution in [0.3, 0.4) is 0 Å². The summed E-state index contributed by atoms with van der Waals surface area (Å²) in [6.45, 7) is 0.445. The monoisotopic (exact) mass is 250 g/mol. The van der Waals surface area contributed by atoms with Crippen molar-refractivity contribution in [2.24, 2.45) is 0 Å². The molecule has 7 heteroatoms. The van der Waals surface area contributed by atoms with Crippen LogP contribution < -0.4 is 4.52 Å². The van der Waals surface area contributed by atoms with E-state index in [1.807, 2.05) is 0 Å². The smallest absolute Gasteiger partial charge is 0.401 e. The number of rotatable bonds is 2. The Morgan fingerprint density at radius 3 is 2.56 bits per heavy atom. The summed E-state index contributed by atoms with van der Waals surface area (Å²) >= 11 is 0. The second kappa shape index (κ2) is 4.49. The van der Waals surface area contributed by atoms with Crippen molar-refractivity contribution >= 4 is 7.82 Å². The first-order chi connectivity index (χ1) is 7.59. The van der Waals surface area contributed by atoms with Crippen molar-refractivity contribution in [3.05, 3.63) is 29.8 Å². The summed E-state index contributed by atoms with van der Waals surface area (Å²) in [7, 11) is -3.74. The zero-order valence-corrected chi connectivity index (χ0v) is 9.08. The summed E-state index contributed by atoms with van der Waals surface area (Å²) in [4.78, 5) is 0. The first-order valence-electron chi connectivity index (χ1n) is 4.63. The largest absolute Gasteiger partial charge is 0.530 e. The zero-order valence-electron chi connectivity index (χ0n) is 8.19. The molecule has 88 valence electrons. The Kier molecular flexibility index (Phi) is 3.23. The molecule has 0 bridgehead atoms. The molecule has 0 N–H and O–H groups in total. The van der Waals surface area contributed by atoms with Crippen LogP contribution in [0.4, 0.5) is 8.78 Å². The average Bonchev–Trinajstić information content (AvgIpc) is 2.23. The van der Waals surface area contributed by atoms with Gasteiger partial charge in [-0.25, -0.2) is 13.3 Å². The summed E-state index contributed by atoms with van der Waals surface area (Å²) < 4.78 is 51.9. The first-order valence-corrected chi connectivity index (χ1v) is 6.09. The van der Waals surface area contributed by atoms with Crippen LogP contribution >= 0.6 is 7.82 Å². The summed E-state index contributed by atoms with van der Waals surface area (Å²) in [5.74, 6) is -2.05. The zero-order chi connectivity index (χ0) is 11.6. The van der Waals surface area contributed by atoms with Crippen LogP contribution in [-0.2, 0) is 13.6 Å². The van der Waals surface area contributed by atoms with E-state index in [1.54, 1.807) is 0 Å². The van der Waals surface area contributed by atoms with E-state index in [1.165, 1.54) is 0 Å². The molecule has 0 saturated carbocycles. The van der Waals surface area contributed by atoms with Crippen molar-refractivity contribution in [3.63, 3.8) is 0 Å². The van der Waals surface area contributed by atoms with Gasteiger partial charge >= 0.3 is 7.82 Å². The number of hydrogen-bond donors (Lipinski definition) is 0. The van der Waals surface area contributed by atoms with Gasteiger partial charge in [0.15, 0.2) is 11.6 Å². The molecular weight excluding hydrogens is 241 g/mol. The van der Waals surface area contributed by atoms with Gasteiger partial charge < -0.3 is 4.52 Å². The van der Waals surface area contributed by atoms with Crippen LogP contribution in [0.15, 0.2) is 18.2 Å². The van der Waals surface area contributed by atoms with Crippen LogP contribution in [0.25, 0.3) is 0 Å². The Morgan fingerprint density at radius 2 is 1.94 bits per heavy atom. The van der Waals surface area contributed by atoms with E-state index in [4.69, 9.17) is 13.6 Å². The number of phosphoric acid groups is 1. The molecule has 1 aromatic rings. The van der Waals surface area contributed by atoms with E-state index in [-0.39, 0.29) is 19.0 Å². The minimum absolute atomic E-state index is 0.222. The van der Waals surface area contributed by atoms with Gasteiger partial charge in [0.2, 0.25) is 0 Å². The standard InChI is InChI=1S/C9H9F2O4P/c10-7-2-3-9(8(11)6-7)15-16(12)13-4-1-5-14-16/h2-3,6H,1,4-5H2. The molecule has 4 nitrogen and oxygen atoms in total. The molecule has 1 fully saturated rings. The highest BCUT2D eigenvalue weighted by atomic mass is 31.2. The number of benzene rings is 1. The lowest BCUT2D eigenvalue weighted by Gasteiger charge is -2.22. The van der Waals surface area contributed by atoms with Crippen molar-refractivity contribution < 1.29 is 26.9 Å². The van der Waals surface area contributed by atoms with Crippen molar-refractivity contribution in [1.29, 1.82) is 0 Å². The van der Waals surface area contributed by atoms with E-state index in [0.29, 0.717) is 12.5 Å². The highest BCUT2D eigenvalue weighted by molar-refractivity contribution is 7.49. The fourth-order valence-electron chi connectivity index (χ4n) is 1.17. The summed E-state index contributed by atoms with van der Waals surface area (Å²) in [6, 6.07) is 2.66. The van der Waals surface area contributed by atoms with Crippen molar-refractivity contribution in [2.45, 2.75) is 6.42 Å². The van der Waals surface area contributed by atoms with Gasteiger partial charge in [-0.15, -0.1) is 0 Å². The maximum absolute atomic E-state index is 13.2. The lowest BCUT2D eigenvalue weighted by molar-refractivity contribution is 0.105. The molecular formula is C9H9F2O4P. The van der Waals surface area contributed by atoms with Crippen molar-refractivity contribution in [3.8, 4) is 5.75 Å². The number of phosphoric ester groups is 1. The first kappa shape index (κ1) is 11.5. The molecule has 2 rings (SSSR count). The Morgan fingerprint density at radius 1 is 1.25 bits per heavy atom. The van der Waals surface area contributed by atoms with Crippen molar-refractivity contribution in [1.82, 2.24) is 0 Å². The summed E-state index contributed by atoms with van der Waals surface area (Å²) in [6.07, 6.45) is 0.596. The lowest BCUT2D eigenvalue weighted by atomic mass is 10.3. The van der Waals surface area contributed by atoms with E-state index < -0.39 is 19.5 Å². The van der Waals surface area contributed by atoms with E-state index in [2.05, 4.69) is 0 Å². The minimum Gasteiger partial charge on any atom is -0.401 e. The van der Waals surface area contributed by atoms with Gasteiger partial charge in [-0.1, -0.05) is 0 Å².